The minimum absolute atomic E-state index is 0.128. The maximum atomic E-state index is 7.24. The summed E-state index contributed by atoms with van der Waals surface area (Å²) in [6, 6.07) is 103. The minimum atomic E-state index is -0.128. The van der Waals surface area contributed by atoms with Crippen molar-refractivity contribution in [2.75, 3.05) is 9.80 Å². The summed E-state index contributed by atoms with van der Waals surface area (Å²) in [5.74, 6) is 0. The van der Waals surface area contributed by atoms with Gasteiger partial charge in [0.1, 0.15) is 11.2 Å². The highest BCUT2D eigenvalue weighted by Gasteiger charge is 2.39. The van der Waals surface area contributed by atoms with Gasteiger partial charge in [-0.25, -0.2) is 0 Å². The molecular weight excluding hydrogens is 1140 g/mol. The molecule has 0 N–H and O–H groups in total. The lowest BCUT2D eigenvalue weighted by molar-refractivity contribution is 0.572. The molecule has 0 fully saturated rings. The Bertz CT molecular complexity index is 5340. The second-order valence-corrected chi connectivity index (χ2v) is 27.6. The Balaban J connectivity index is 0.984. The van der Waals surface area contributed by atoms with Gasteiger partial charge in [-0.05, 0) is 185 Å². The fraction of sp³-hybridized carbons (Fsp3) is 0.111. The van der Waals surface area contributed by atoms with Crippen LogP contribution in [0, 0.1) is 13.8 Å². The number of aryl methyl sites for hydroxylation is 2. The summed E-state index contributed by atoms with van der Waals surface area (Å²) in [7, 11) is 0. The van der Waals surface area contributed by atoms with Crippen LogP contribution in [-0.2, 0) is 10.8 Å². The van der Waals surface area contributed by atoms with Crippen LogP contribution < -0.4 is 9.80 Å². The number of hydrogen-bond donors (Lipinski definition) is 0. The molecule has 0 unspecified atom stereocenters. The van der Waals surface area contributed by atoms with E-state index in [-0.39, 0.29) is 10.8 Å². The van der Waals surface area contributed by atoms with Gasteiger partial charge in [0.05, 0.1) is 11.4 Å². The lowest BCUT2D eigenvalue weighted by atomic mass is 9.65. The van der Waals surface area contributed by atoms with Crippen molar-refractivity contribution in [1.82, 2.24) is 0 Å². The predicted octanol–water partition coefficient (Wildman–Crippen LogP) is 26.3. The van der Waals surface area contributed by atoms with Crippen LogP contribution in [0.1, 0.15) is 63.8 Å². The number of nitrogens with zero attached hydrogens (tertiary/aromatic N) is 2. The largest absolute Gasteiger partial charge is 0.454 e. The molecule has 17 rings (SSSR count). The van der Waals surface area contributed by atoms with Gasteiger partial charge in [-0.1, -0.05) is 260 Å². The molecule has 0 saturated heterocycles. The smallest absolute Gasteiger partial charge is 0.159 e. The molecule has 0 saturated carbocycles. The first-order valence-corrected chi connectivity index (χ1v) is 32.9. The topological polar surface area (TPSA) is 32.8 Å². The number of rotatable bonds is 10. The van der Waals surface area contributed by atoms with E-state index in [9.17, 15) is 0 Å². The zero-order valence-electron chi connectivity index (χ0n) is 54.3. The summed E-state index contributed by atoms with van der Waals surface area (Å²) in [6.07, 6.45) is 0. The summed E-state index contributed by atoms with van der Waals surface area (Å²) < 4.78 is 14.5. The van der Waals surface area contributed by atoms with Crippen LogP contribution >= 0.6 is 0 Å². The molecular formula is C90H70N2O2. The van der Waals surface area contributed by atoms with E-state index in [0.29, 0.717) is 0 Å². The van der Waals surface area contributed by atoms with Crippen molar-refractivity contribution in [3.05, 3.63) is 301 Å². The highest BCUT2D eigenvalue weighted by atomic mass is 16.3. The Morgan fingerprint density at radius 3 is 0.862 bits per heavy atom. The van der Waals surface area contributed by atoms with Crippen LogP contribution in [0.25, 0.3) is 132 Å². The summed E-state index contributed by atoms with van der Waals surface area (Å²) in [5, 5.41) is 9.10. The van der Waals surface area contributed by atoms with Crippen LogP contribution in [0.3, 0.4) is 0 Å². The molecule has 4 heteroatoms. The Morgan fingerprint density at radius 2 is 0.532 bits per heavy atom. The molecule has 0 radical (unpaired) electrons. The first kappa shape index (κ1) is 56.8. The number of anilines is 6. The Hall–Kier alpha value is -11.2. The van der Waals surface area contributed by atoms with E-state index in [0.717, 1.165) is 111 Å². The number of benzene rings is 14. The van der Waals surface area contributed by atoms with Crippen LogP contribution in [0.15, 0.2) is 288 Å². The number of hydrogen-bond acceptors (Lipinski definition) is 4. The average molecular weight is 1210 g/mol. The first-order chi connectivity index (χ1) is 45.8. The number of fused-ring (bicyclic) bond motifs is 12. The van der Waals surface area contributed by atoms with E-state index in [1.54, 1.807) is 0 Å². The van der Waals surface area contributed by atoms with Crippen LogP contribution in [0.2, 0.25) is 0 Å². The molecule has 4 nitrogen and oxygen atoms in total. The molecule has 1 aliphatic rings. The minimum Gasteiger partial charge on any atom is -0.454 e. The standard InChI is InChI=1S/C90H70N2O2/c1-55-27-21-37-61(51-55)91(75-45-25-41-69-67-39-23-43-73(89(3,4)5)85(67)93-87(69)75)63-47-49-65-71(53-63)79(59-33-17-11-18-34-59)83-81(77(65)57-29-13-9-14-30-57)84-80(60-35-19-12-20-36-60)72-54-64(48-50-66(72)78(82(83)84)58-31-15-10-16-32-58)92(62-38-22-28-56(2)52-62)76-46-26-42-70-68-40-24-44-74(90(6,7)8)86(68)94-88(70)76/h9-54H,1-8H3. The molecule has 452 valence electrons. The monoisotopic (exact) mass is 1210 g/mol. The zero-order valence-corrected chi connectivity index (χ0v) is 54.3. The third-order valence-electron chi connectivity index (χ3n) is 19.5. The van der Waals surface area contributed by atoms with Gasteiger partial charge in [-0.3, -0.25) is 0 Å². The Labute approximate surface area is 549 Å². The quantitative estimate of drug-likeness (QED) is 0.137. The average Bonchev–Trinajstić information content (AvgIpc) is 0.743. The molecule has 94 heavy (non-hydrogen) atoms. The third-order valence-corrected chi connectivity index (χ3v) is 19.5. The molecule has 0 amide bonds. The molecule has 2 heterocycles. The third kappa shape index (κ3) is 9.02. The molecule has 2 aromatic heterocycles. The van der Waals surface area contributed by atoms with Crippen LogP contribution in [0.5, 0.6) is 0 Å². The van der Waals surface area contributed by atoms with E-state index >= 15 is 0 Å². The zero-order chi connectivity index (χ0) is 63.7. The molecule has 0 aliphatic heterocycles. The van der Waals surface area contributed by atoms with Gasteiger partial charge in [0.15, 0.2) is 11.2 Å². The molecule has 0 bridgehead atoms. The van der Waals surface area contributed by atoms with E-state index in [1.165, 1.54) is 77.5 Å². The van der Waals surface area contributed by atoms with Gasteiger partial charge in [0, 0.05) is 55.4 Å². The Morgan fingerprint density at radius 1 is 0.234 bits per heavy atom. The van der Waals surface area contributed by atoms with Crippen molar-refractivity contribution in [2.24, 2.45) is 0 Å². The van der Waals surface area contributed by atoms with E-state index in [1.807, 2.05) is 0 Å². The number of para-hydroxylation sites is 4. The SMILES string of the molecule is Cc1cccc(N(c2ccc3c(-c4ccccc4)c4c(c(-c5ccccc5)c3c2)-c2c-4c(-c3ccccc3)c3cc(N(c4cccc(C)c4)c4cccc5c4oc4c(C(C)(C)C)cccc45)ccc3c2-c2ccccc2)c2cccc3c2oc2c(C(C)(C)C)cccc23)c1. The van der Waals surface area contributed by atoms with Crippen LogP contribution in [-0.4, -0.2) is 0 Å². The summed E-state index contributed by atoms with van der Waals surface area (Å²) in [6.45, 7) is 18.0. The van der Waals surface area contributed by atoms with Crippen molar-refractivity contribution in [3.63, 3.8) is 0 Å². The van der Waals surface area contributed by atoms with Crippen molar-refractivity contribution in [2.45, 2.75) is 66.2 Å². The normalized spacial score (nSPS) is 12.3. The van der Waals surface area contributed by atoms with Gasteiger partial charge < -0.3 is 18.6 Å². The van der Waals surface area contributed by atoms with Gasteiger partial charge in [0.2, 0.25) is 0 Å². The van der Waals surface area contributed by atoms with E-state index in [4.69, 9.17) is 8.83 Å². The van der Waals surface area contributed by atoms with E-state index < -0.39 is 0 Å². The van der Waals surface area contributed by atoms with Gasteiger partial charge in [0.25, 0.3) is 0 Å². The van der Waals surface area contributed by atoms with Gasteiger partial charge in [-0.15, -0.1) is 0 Å². The van der Waals surface area contributed by atoms with Crippen molar-refractivity contribution in [3.8, 4) is 66.8 Å². The summed E-state index contributed by atoms with van der Waals surface area (Å²) >= 11 is 0. The van der Waals surface area contributed by atoms with Crippen molar-refractivity contribution >= 4 is 99.5 Å². The molecule has 16 aromatic rings. The highest BCUT2D eigenvalue weighted by Crippen LogP contribution is 2.66. The lowest BCUT2D eigenvalue weighted by Crippen LogP contribution is -2.13. The van der Waals surface area contributed by atoms with Crippen LogP contribution in [0.4, 0.5) is 34.1 Å². The maximum absolute atomic E-state index is 7.24. The van der Waals surface area contributed by atoms with E-state index in [2.05, 4.69) is 344 Å². The fourth-order valence-corrected chi connectivity index (χ4v) is 15.3. The predicted molar refractivity (Wildman–Crippen MR) is 398 cm³/mol. The summed E-state index contributed by atoms with van der Waals surface area (Å²) in [5.41, 5.74) is 28.6. The molecule has 0 atom stereocenters. The second-order valence-electron chi connectivity index (χ2n) is 27.6. The summed E-state index contributed by atoms with van der Waals surface area (Å²) in [4.78, 5) is 4.84. The second kappa shape index (κ2) is 21.7. The highest BCUT2D eigenvalue weighted by molar-refractivity contribution is 6.33. The van der Waals surface area contributed by atoms with Crippen molar-refractivity contribution in [1.29, 1.82) is 0 Å². The first-order valence-electron chi connectivity index (χ1n) is 32.9. The Kier molecular flexibility index (Phi) is 13.1. The molecule has 1 aliphatic carbocycles. The van der Waals surface area contributed by atoms with Crippen molar-refractivity contribution < 1.29 is 8.83 Å². The van der Waals surface area contributed by atoms with Gasteiger partial charge in [-0.2, -0.15) is 0 Å². The lowest BCUT2D eigenvalue weighted by Gasteiger charge is -2.38. The number of furan rings is 2. The molecule has 0 spiro atoms. The fourth-order valence-electron chi connectivity index (χ4n) is 15.3. The molecule has 14 aromatic carbocycles. The van der Waals surface area contributed by atoms with Gasteiger partial charge >= 0.3 is 0 Å². The maximum Gasteiger partial charge on any atom is 0.159 e.